The second-order valence-corrected chi connectivity index (χ2v) is 6.78. The van der Waals surface area contributed by atoms with Gasteiger partial charge in [-0.3, -0.25) is 4.31 Å². The van der Waals surface area contributed by atoms with Crippen LogP contribution in [0.2, 0.25) is 0 Å². The third-order valence-electron chi connectivity index (χ3n) is 3.57. The zero-order valence-electron chi connectivity index (χ0n) is 14.0. The molecule has 0 bridgehead atoms. The first-order valence-electron chi connectivity index (χ1n) is 8.02. The number of anilines is 2. The van der Waals surface area contributed by atoms with Gasteiger partial charge in [0.2, 0.25) is 0 Å². The maximum Gasteiger partial charge on any atom is 0.0523 e. The molecule has 23 heavy (non-hydrogen) atoms. The molecule has 0 aliphatic carbocycles. The van der Waals surface area contributed by atoms with Crippen molar-refractivity contribution in [2.24, 2.45) is 0 Å². The summed E-state index contributed by atoms with van der Waals surface area (Å²) >= 11 is 0. The van der Waals surface area contributed by atoms with Crippen LogP contribution in [0.15, 0.2) is 83.8 Å². The maximum atomic E-state index is 4.50. The van der Waals surface area contributed by atoms with Gasteiger partial charge in [0.05, 0.1) is 11.4 Å². The van der Waals surface area contributed by atoms with Gasteiger partial charge in [-0.1, -0.05) is 78.1 Å². The van der Waals surface area contributed by atoms with Crippen LogP contribution in [-0.4, -0.2) is 5.87 Å². The van der Waals surface area contributed by atoms with E-state index in [4.69, 9.17) is 0 Å². The predicted octanol–water partition coefficient (Wildman–Crippen LogP) is 6.70. The van der Waals surface area contributed by atoms with Crippen molar-refractivity contribution in [3.8, 4) is 0 Å². The number of hydrogen-bond donors (Lipinski definition) is 0. The summed E-state index contributed by atoms with van der Waals surface area (Å²) in [5, 5.41) is 0. The van der Waals surface area contributed by atoms with E-state index in [1.54, 1.807) is 0 Å². The fraction of sp³-hybridized carbons (Fsp3) is 0.190. The fourth-order valence-electron chi connectivity index (χ4n) is 2.39. The van der Waals surface area contributed by atoms with Crippen LogP contribution in [0.25, 0.3) is 0 Å². The Labute approximate surface area is 143 Å². The SMILES string of the molecule is C=S(C(=CC/C=C\C)CC)N(c1ccccc1)c1ccccc1. The minimum Gasteiger partial charge on any atom is -0.287 e. The molecule has 120 valence electrons. The summed E-state index contributed by atoms with van der Waals surface area (Å²) in [5.41, 5.74) is 2.37. The minimum atomic E-state index is -0.240. The number of benzene rings is 2. The Hall–Kier alpha value is -2.06. The first-order valence-corrected chi connectivity index (χ1v) is 9.37. The number of rotatable bonds is 7. The summed E-state index contributed by atoms with van der Waals surface area (Å²) in [7, 11) is -0.240. The normalized spacial score (nSPS) is 13.2. The Morgan fingerprint density at radius 1 is 1.00 bits per heavy atom. The molecule has 0 fully saturated rings. The second kappa shape index (κ2) is 9.16. The summed E-state index contributed by atoms with van der Waals surface area (Å²) in [6, 6.07) is 21.0. The van der Waals surface area contributed by atoms with Gasteiger partial charge in [0.15, 0.2) is 0 Å². The summed E-state index contributed by atoms with van der Waals surface area (Å²) < 4.78 is 2.34. The van der Waals surface area contributed by atoms with E-state index in [-0.39, 0.29) is 10.7 Å². The Morgan fingerprint density at radius 2 is 1.52 bits per heavy atom. The first-order chi connectivity index (χ1) is 11.3. The van der Waals surface area contributed by atoms with Crippen LogP contribution in [-0.2, 0) is 0 Å². The molecule has 0 radical (unpaired) electrons. The zero-order valence-corrected chi connectivity index (χ0v) is 14.8. The lowest BCUT2D eigenvalue weighted by Crippen LogP contribution is -2.10. The van der Waals surface area contributed by atoms with Crippen molar-refractivity contribution in [3.05, 3.63) is 83.8 Å². The van der Waals surface area contributed by atoms with Crippen molar-refractivity contribution in [2.75, 3.05) is 4.31 Å². The molecule has 1 unspecified atom stereocenters. The highest BCUT2D eigenvalue weighted by atomic mass is 32.2. The van der Waals surface area contributed by atoms with Crippen LogP contribution >= 0.6 is 10.7 Å². The Bertz CT molecular complexity index is 632. The van der Waals surface area contributed by atoms with E-state index in [0.29, 0.717) is 0 Å². The second-order valence-electron chi connectivity index (χ2n) is 5.16. The summed E-state index contributed by atoms with van der Waals surface area (Å²) in [6.45, 7) is 4.27. The van der Waals surface area contributed by atoms with Gasteiger partial charge in [0, 0.05) is 0 Å². The van der Waals surface area contributed by atoms with Crippen molar-refractivity contribution in [1.29, 1.82) is 0 Å². The van der Waals surface area contributed by atoms with Gasteiger partial charge in [0.1, 0.15) is 0 Å². The van der Waals surface area contributed by atoms with E-state index in [1.807, 2.05) is 0 Å². The molecule has 0 heterocycles. The van der Waals surface area contributed by atoms with Gasteiger partial charge in [0.25, 0.3) is 0 Å². The topological polar surface area (TPSA) is 3.24 Å². The Morgan fingerprint density at radius 3 is 1.96 bits per heavy atom. The molecule has 0 spiro atoms. The zero-order chi connectivity index (χ0) is 16.5. The number of hydrogen-bond acceptors (Lipinski definition) is 1. The third-order valence-corrected chi connectivity index (χ3v) is 5.49. The maximum absolute atomic E-state index is 4.50. The van der Waals surface area contributed by atoms with Gasteiger partial charge >= 0.3 is 0 Å². The fourth-order valence-corrected chi connectivity index (χ4v) is 4.00. The smallest absolute Gasteiger partial charge is 0.0523 e. The van der Waals surface area contributed by atoms with Gasteiger partial charge in [-0.15, -0.1) is 0 Å². The van der Waals surface area contributed by atoms with Crippen molar-refractivity contribution in [1.82, 2.24) is 0 Å². The lowest BCUT2D eigenvalue weighted by Gasteiger charge is -2.29. The lowest BCUT2D eigenvalue weighted by molar-refractivity contribution is 1.17. The highest BCUT2D eigenvalue weighted by Gasteiger charge is 2.13. The quantitative estimate of drug-likeness (QED) is 0.405. The molecule has 0 amide bonds. The van der Waals surface area contributed by atoms with Crippen LogP contribution in [0.4, 0.5) is 11.4 Å². The molecule has 2 rings (SSSR count). The van der Waals surface area contributed by atoms with Gasteiger partial charge in [-0.2, -0.15) is 0 Å². The third kappa shape index (κ3) is 4.70. The first kappa shape index (κ1) is 17.3. The van der Waals surface area contributed by atoms with Crippen LogP contribution < -0.4 is 4.31 Å². The average molecular weight is 324 g/mol. The Kier molecular flexibility index (Phi) is 6.89. The number of allylic oxidation sites excluding steroid dienone is 4. The molecule has 2 aromatic carbocycles. The van der Waals surface area contributed by atoms with E-state index >= 15 is 0 Å². The van der Waals surface area contributed by atoms with Crippen LogP contribution in [0.1, 0.15) is 26.7 Å². The van der Waals surface area contributed by atoms with Crippen molar-refractivity contribution in [2.45, 2.75) is 26.7 Å². The number of nitrogens with zero attached hydrogens (tertiary/aromatic N) is 1. The molecule has 2 heteroatoms. The van der Waals surface area contributed by atoms with E-state index in [1.165, 1.54) is 16.3 Å². The van der Waals surface area contributed by atoms with Crippen molar-refractivity contribution in [3.63, 3.8) is 0 Å². The minimum absolute atomic E-state index is 0.240. The molecule has 0 aliphatic rings. The van der Waals surface area contributed by atoms with E-state index in [0.717, 1.165) is 12.8 Å². The number of para-hydroxylation sites is 2. The molecule has 1 atom stereocenters. The lowest BCUT2D eigenvalue weighted by atomic mass is 10.3. The van der Waals surface area contributed by atoms with Gasteiger partial charge < -0.3 is 0 Å². The molecule has 0 saturated carbocycles. The summed E-state index contributed by atoms with van der Waals surface area (Å²) in [6.07, 6.45) is 8.57. The monoisotopic (exact) mass is 323 g/mol. The van der Waals surface area contributed by atoms with Crippen LogP contribution in [0.5, 0.6) is 0 Å². The molecular weight excluding hydrogens is 298 g/mol. The molecular formula is C21H25NS. The van der Waals surface area contributed by atoms with Gasteiger partial charge in [-0.25, -0.2) is 0 Å². The highest BCUT2D eigenvalue weighted by Crippen LogP contribution is 2.41. The standard InChI is InChI=1S/C21H25NS/c1-4-6-9-18-21(5-2)23(3)22(19-14-10-7-11-15-19)20-16-12-8-13-17-20/h4,6-8,10-18H,3,5,9H2,1-2H3/b6-4-,21-18?. The van der Waals surface area contributed by atoms with E-state index in [2.05, 4.69) is 103 Å². The summed E-state index contributed by atoms with van der Waals surface area (Å²) in [4.78, 5) is 1.39. The largest absolute Gasteiger partial charge is 0.287 e. The molecule has 0 aromatic heterocycles. The Balaban J connectivity index is 2.41. The predicted molar refractivity (Wildman–Crippen MR) is 108 cm³/mol. The van der Waals surface area contributed by atoms with E-state index in [9.17, 15) is 0 Å². The molecule has 2 aromatic rings. The molecule has 0 N–H and O–H groups in total. The molecule has 1 nitrogen and oxygen atoms in total. The van der Waals surface area contributed by atoms with Crippen LogP contribution in [0.3, 0.4) is 0 Å². The van der Waals surface area contributed by atoms with Crippen molar-refractivity contribution >= 4 is 27.9 Å². The average Bonchev–Trinajstić information content (AvgIpc) is 2.61. The highest BCUT2D eigenvalue weighted by molar-refractivity contribution is 8.18. The van der Waals surface area contributed by atoms with E-state index < -0.39 is 0 Å². The van der Waals surface area contributed by atoms with Gasteiger partial charge in [-0.05, 0) is 48.9 Å². The van der Waals surface area contributed by atoms with Crippen molar-refractivity contribution < 1.29 is 0 Å². The summed E-state index contributed by atoms with van der Waals surface area (Å²) in [5.74, 6) is 4.50. The van der Waals surface area contributed by atoms with Crippen LogP contribution in [0, 0.1) is 0 Å². The molecule has 0 aliphatic heterocycles. The molecule has 0 saturated heterocycles.